The highest BCUT2D eigenvalue weighted by Gasteiger charge is 2.18. The van der Waals surface area contributed by atoms with Crippen molar-refractivity contribution in [3.05, 3.63) is 30.1 Å². The van der Waals surface area contributed by atoms with Gasteiger partial charge in [-0.05, 0) is 31.9 Å². The van der Waals surface area contributed by atoms with Gasteiger partial charge in [-0.2, -0.15) is 0 Å². The fourth-order valence-electron chi connectivity index (χ4n) is 2.91. The molecule has 1 saturated carbocycles. The van der Waals surface area contributed by atoms with Crippen molar-refractivity contribution in [2.45, 2.75) is 45.1 Å². The number of rotatable bonds is 4. The molecular weight excluding hydrogens is 278 g/mol. The van der Waals surface area contributed by atoms with E-state index in [2.05, 4.69) is 15.3 Å². The van der Waals surface area contributed by atoms with Crippen LogP contribution in [0, 0.1) is 0 Å². The molecule has 0 bridgehead atoms. The van der Waals surface area contributed by atoms with Gasteiger partial charge in [-0.15, -0.1) is 0 Å². The number of hydrogen-bond donors (Lipinski definition) is 1. The topological polar surface area (TPSA) is 64.1 Å². The third kappa shape index (κ3) is 3.18. The second-order valence-electron chi connectivity index (χ2n) is 5.61. The van der Waals surface area contributed by atoms with Crippen molar-refractivity contribution in [3.63, 3.8) is 0 Å². The number of ether oxygens (including phenoxy) is 1. The highest BCUT2D eigenvalue weighted by atomic mass is 16.5. The number of esters is 1. The van der Waals surface area contributed by atoms with E-state index in [4.69, 9.17) is 4.74 Å². The summed E-state index contributed by atoms with van der Waals surface area (Å²) in [5.41, 5.74) is 0.763. The van der Waals surface area contributed by atoms with Crippen LogP contribution in [0.25, 0.3) is 10.9 Å². The second-order valence-corrected chi connectivity index (χ2v) is 5.61. The summed E-state index contributed by atoms with van der Waals surface area (Å²) in [6, 6.07) is 8.17. The molecule has 5 heteroatoms. The van der Waals surface area contributed by atoms with Gasteiger partial charge < -0.3 is 10.1 Å². The fourth-order valence-corrected chi connectivity index (χ4v) is 2.91. The van der Waals surface area contributed by atoms with E-state index in [1.165, 1.54) is 19.3 Å². The molecule has 0 amide bonds. The Balaban J connectivity index is 1.96. The van der Waals surface area contributed by atoms with Crippen LogP contribution in [-0.4, -0.2) is 28.6 Å². The van der Waals surface area contributed by atoms with Gasteiger partial charge in [-0.3, -0.25) is 0 Å². The molecule has 1 heterocycles. The van der Waals surface area contributed by atoms with E-state index < -0.39 is 5.97 Å². The van der Waals surface area contributed by atoms with Gasteiger partial charge in [0, 0.05) is 11.4 Å². The van der Waals surface area contributed by atoms with Crippen LogP contribution in [-0.2, 0) is 4.74 Å². The monoisotopic (exact) mass is 299 g/mol. The van der Waals surface area contributed by atoms with E-state index in [9.17, 15) is 4.79 Å². The molecular formula is C17H21N3O2. The Labute approximate surface area is 130 Å². The van der Waals surface area contributed by atoms with E-state index in [0.29, 0.717) is 12.6 Å². The highest BCUT2D eigenvalue weighted by molar-refractivity contribution is 5.94. The largest absolute Gasteiger partial charge is 0.460 e. The summed E-state index contributed by atoms with van der Waals surface area (Å²) in [7, 11) is 0. The number of benzene rings is 1. The third-order valence-corrected chi connectivity index (χ3v) is 4.01. The lowest BCUT2D eigenvalue weighted by molar-refractivity contribution is 0.0512. The van der Waals surface area contributed by atoms with Gasteiger partial charge in [0.2, 0.25) is 5.82 Å². The van der Waals surface area contributed by atoms with Gasteiger partial charge in [0.15, 0.2) is 0 Å². The van der Waals surface area contributed by atoms with Crippen molar-refractivity contribution in [2.75, 3.05) is 11.9 Å². The van der Waals surface area contributed by atoms with Crippen molar-refractivity contribution >= 4 is 22.7 Å². The number of anilines is 1. The van der Waals surface area contributed by atoms with Gasteiger partial charge in [-0.1, -0.05) is 31.4 Å². The molecule has 1 fully saturated rings. The van der Waals surface area contributed by atoms with Crippen LogP contribution in [0.1, 0.15) is 49.6 Å². The van der Waals surface area contributed by atoms with Crippen LogP contribution >= 0.6 is 0 Å². The van der Waals surface area contributed by atoms with Gasteiger partial charge in [0.1, 0.15) is 5.82 Å². The molecule has 0 aliphatic heterocycles. The Hall–Kier alpha value is -2.17. The van der Waals surface area contributed by atoms with E-state index in [1.807, 2.05) is 24.3 Å². The minimum atomic E-state index is -0.472. The van der Waals surface area contributed by atoms with Gasteiger partial charge >= 0.3 is 5.97 Å². The molecule has 0 atom stereocenters. The lowest BCUT2D eigenvalue weighted by atomic mass is 9.95. The summed E-state index contributed by atoms with van der Waals surface area (Å²) in [6.45, 7) is 2.10. The zero-order valence-corrected chi connectivity index (χ0v) is 12.8. The number of hydrogen-bond acceptors (Lipinski definition) is 5. The maximum absolute atomic E-state index is 12.0. The number of aromatic nitrogens is 2. The summed E-state index contributed by atoms with van der Waals surface area (Å²) in [6.07, 6.45) is 6.08. The van der Waals surface area contributed by atoms with Crippen molar-refractivity contribution < 1.29 is 9.53 Å². The van der Waals surface area contributed by atoms with E-state index in [0.717, 1.165) is 29.6 Å². The summed E-state index contributed by atoms with van der Waals surface area (Å²) in [4.78, 5) is 20.7. The predicted molar refractivity (Wildman–Crippen MR) is 86.0 cm³/mol. The zero-order valence-electron chi connectivity index (χ0n) is 12.8. The summed E-state index contributed by atoms with van der Waals surface area (Å²) in [5.74, 6) is 0.388. The number of carbonyl (C=O) groups excluding carboxylic acids is 1. The highest BCUT2D eigenvalue weighted by Crippen LogP contribution is 2.25. The standard InChI is InChI=1S/C17H21N3O2/c1-2-22-17(21)16-19-14-11-7-6-10-13(14)15(20-16)18-12-8-4-3-5-9-12/h6-7,10-12H,2-5,8-9H2,1H3,(H,18,19,20). The van der Waals surface area contributed by atoms with Crippen molar-refractivity contribution in [1.29, 1.82) is 0 Å². The van der Waals surface area contributed by atoms with E-state index in [1.54, 1.807) is 6.92 Å². The maximum atomic E-state index is 12.0. The van der Waals surface area contributed by atoms with Crippen LogP contribution in [0.5, 0.6) is 0 Å². The van der Waals surface area contributed by atoms with Crippen LogP contribution in [0.4, 0.5) is 5.82 Å². The number of fused-ring (bicyclic) bond motifs is 1. The Bertz CT molecular complexity index is 666. The predicted octanol–water partition coefficient (Wildman–Crippen LogP) is 3.55. The summed E-state index contributed by atoms with van der Waals surface area (Å²) >= 11 is 0. The normalized spacial score (nSPS) is 15.7. The molecule has 1 aliphatic carbocycles. The lowest BCUT2D eigenvalue weighted by Gasteiger charge is -2.24. The van der Waals surface area contributed by atoms with Crippen LogP contribution < -0.4 is 5.32 Å². The van der Waals surface area contributed by atoms with Crippen molar-refractivity contribution in [3.8, 4) is 0 Å². The summed E-state index contributed by atoms with van der Waals surface area (Å²) in [5, 5.41) is 4.45. The molecule has 3 rings (SSSR count). The molecule has 1 aliphatic rings. The molecule has 5 nitrogen and oxygen atoms in total. The molecule has 116 valence electrons. The molecule has 2 aromatic rings. The second kappa shape index (κ2) is 6.73. The number of para-hydroxylation sites is 1. The smallest absolute Gasteiger partial charge is 0.376 e. The average Bonchev–Trinajstić information content (AvgIpc) is 2.56. The summed E-state index contributed by atoms with van der Waals surface area (Å²) < 4.78 is 5.03. The van der Waals surface area contributed by atoms with Gasteiger partial charge in [0.05, 0.1) is 12.1 Å². The van der Waals surface area contributed by atoms with Gasteiger partial charge in [0.25, 0.3) is 0 Å². The van der Waals surface area contributed by atoms with E-state index in [-0.39, 0.29) is 5.82 Å². The Morgan fingerprint density at radius 3 is 2.77 bits per heavy atom. The van der Waals surface area contributed by atoms with Crippen LogP contribution in [0.15, 0.2) is 24.3 Å². The first-order valence-corrected chi connectivity index (χ1v) is 7.98. The van der Waals surface area contributed by atoms with Crippen molar-refractivity contribution in [1.82, 2.24) is 9.97 Å². The first-order valence-electron chi connectivity index (χ1n) is 7.98. The molecule has 0 saturated heterocycles. The molecule has 1 N–H and O–H groups in total. The Morgan fingerprint density at radius 2 is 2.00 bits per heavy atom. The fraction of sp³-hybridized carbons (Fsp3) is 0.471. The minimum absolute atomic E-state index is 0.124. The molecule has 1 aromatic heterocycles. The SMILES string of the molecule is CCOC(=O)c1nc(NC2CCCCC2)c2ccccc2n1. The molecule has 22 heavy (non-hydrogen) atoms. The molecule has 0 unspecified atom stereocenters. The first-order chi connectivity index (χ1) is 10.8. The van der Waals surface area contributed by atoms with Crippen LogP contribution in [0.3, 0.4) is 0 Å². The molecule has 0 radical (unpaired) electrons. The molecule has 1 aromatic carbocycles. The average molecular weight is 299 g/mol. The zero-order chi connectivity index (χ0) is 15.4. The number of nitrogens with one attached hydrogen (secondary N) is 1. The maximum Gasteiger partial charge on any atom is 0.376 e. The number of nitrogens with zero attached hydrogens (tertiary/aromatic N) is 2. The van der Waals surface area contributed by atoms with Crippen molar-refractivity contribution in [2.24, 2.45) is 0 Å². The Morgan fingerprint density at radius 1 is 1.23 bits per heavy atom. The lowest BCUT2D eigenvalue weighted by Crippen LogP contribution is -2.24. The third-order valence-electron chi connectivity index (χ3n) is 4.01. The Kier molecular flexibility index (Phi) is 4.51. The quantitative estimate of drug-likeness (QED) is 0.875. The first kappa shape index (κ1) is 14.8. The molecule has 0 spiro atoms. The number of carbonyl (C=O) groups is 1. The van der Waals surface area contributed by atoms with E-state index >= 15 is 0 Å². The van der Waals surface area contributed by atoms with Gasteiger partial charge in [-0.25, -0.2) is 14.8 Å². The minimum Gasteiger partial charge on any atom is -0.460 e. The van der Waals surface area contributed by atoms with Crippen LogP contribution in [0.2, 0.25) is 0 Å².